The average molecular weight is 216 g/mol. The first-order chi connectivity index (χ1) is 6.22. The van der Waals surface area contributed by atoms with Gasteiger partial charge in [-0.2, -0.15) is 0 Å². The Bertz CT molecular complexity index is 221. The summed E-state index contributed by atoms with van der Waals surface area (Å²) in [5.74, 6) is 0.120. The van der Waals surface area contributed by atoms with Gasteiger partial charge in [-0.15, -0.1) is 0 Å². The molecule has 0 aliphatic carbocycles. The quantitative estimate of drug-likeness (QED) is 0.700. The first kappa shape index (κ1) is 13.4. The predicted octanol–water partition coefficient (Wildman–Crippen LogP) is 1.46. The van der Waals surface area contributed by atoms with Crippen LogP contribution in [0.25, 0.3) is 0 Å². The maximum Gasteiger partial charge on any atom is 0.220 e. The molecular formula is C10H20N2OS. The van der Waals surface area contributed by atoms with E-state index in [1.165, 1.54) is 0 Å². The van der Waals surface area contributed by atoms with Crippen LogP contribution in [0, 0.1) is 11.3 Å². The summed E-state index contributed by atoms with van der Waals surface area (Å²) in [6, 6.07) is 0. The van der Waals surface area contributed by atoms with Crippen molar-refractivity contribution < 1.29 is 4.79 Å². The first-order valence-corrected chi connectivity index (χ1v) is 5.19. The Kier molecular flexibility index (Phi) is 5.05. The van der Waals surface area contributed by atoms with Crippen molar-refractivity contribution in [2.75, 3.05) is 6.54 Å². The third-order valence-corrected chi connectivity index (χ3v) is 2.18. The second-order valence-corrected chi connectivity index (χ2v) is 5.32. The van der Waals surface area contributed by atoms with Crippen LogP contribution >= 0.6 is 12.2 Å². The molecule has 1 unspecified atom stereocenters. The molecule has 0 rings (SSSR count). The number of nitrogens with one attached hydrogen (secondary N) is 1. The molecule has 4 heteroatoms. The second-order valence-electron chi connectivity index (χ2n) is 4.84. The molecule has 0 aliphatic heterocycles. The molecule has 0 spiro atoms. The van der Waals surface area contributed by atoms with Crippen LogP contribution in [0.3, 0.4) is 0 Å². The molecule has 3 N–H and O–H groups in total. The summed E-state index contributed by atoms with van der Waals surface area (Å²) in [6.07, 6.45) is 0.525. The van der Waals surface area contributed by atoms with Crippen molar-refractivity contribution >= 4 is 23.1 Å². The van der Waals surface area contributed by atoms with E-state index in [0.717, 1.165) is 0 Å². The summed E-state index contributed by atoms with van der Waals surface area (Å²) in [5, 5.41) is 2.81. The molecule has 0 saturated heterocycles. The normalized spacial score (nSPS) is 13.4. The maximum absolute atomic E-state index is 11.4. The van der Waals surface area contributed by atoms with Gasteiger partial charge in [-0.05, 0) is 5.41 Å². The van der Waals surface area contributed by atoms with Gasteiger partial charge in [0.2, 0.25) is 5.91 Å². The topological polar surface area (TPSA) is 55.1 Å². The van der Waals surface area contributed by atoms with Crippen molar-refractivity contribution in [2.45, 2.75) is 34.1 Å². The molecule has 0 aliphatic rings. The molecule has 82 valence electrons. The molecule has 0 fully saturated rings. The van der Waals surface area contributed by atoms with E-state index in [1.807, 2.05) is 27.7 Å². The summed E-state index contributed by atoms with van der Waals surface area (Å²) in [6.45, 7) is 8.53. The van der Waals surface area contributed by atoms with Crippen LogP contribution in [-0.4, -0.2) is 17.4 Å². The fourth-order valence-corrected chi connectivity index (χ4v) is 0.995. The lowest BCUT2D eigenvalue weighted by molar-refractivity contribution is -0.122. The number of amides is 1. The highest BCUT2D eigenvalue weighted by Gasteiger charge is 2.16. The number of thiocarbonyl (C=S) groups is 1. The number of nitrogens with two attached hydrogens (primary N) is 1. The Morgan fingerprint density at radius 2 is 2.00 bits per heavy atom. The summed E-state index contributed by atoms with van der Waals surface area (Å²) >= 11 is 4.81. The molecule has 0 bridgehead atoms. The van der Waals surface area contributed by atoms with E-state index in [0.29, 0.717) is 18.0 Å². The summed E-state index contributed by atoms with van der Waals surface area (Å²) < 4.78 is 0. The van der Waals surface area contributed by atoms with E-state index in [-0.39, 0.29) is 17.2 Å². The molecular weight excluding hydrogens is 196 g/mol. The zero-order valence-corrected chi connectivity index (χ0v) is 10.2. The van der Waals surface area contributed by atoms with Gasteiger partial charge in [-0.3, -0.25) is 4.79 Å². The van der Waals surface area contributed by atoms with E-state index in [4.69, 9.17) is 18.0 Å². The zero-order valence-electron chi connectivity index (χ0n) is 9.39. The average Bonchev–Trinajstić information content (AvgIpc) is 1.96. The fourth-order valence-electron chi connectivity index (χ4n) is 0.912. The minimum Gasteiger partial charge on any atom is -0.393 e. The van der Waals surface area contributed by atoms with Crippen LogP contribution in [0.2, 0.25) is 0 Å². The van der Waals surface area contributed by atoms with Gasteiger partial charge >= 0.3 is 0 Å². The molecule has 14 heavy (non-hydrogen) atoms. The molecule has 0 saturated carbocycles. The van der Waals surface area contributed by atoms with Crippen molar-refractivity contribution in [1.29, 1.82) is 0 Å². The number of hydrogen-bond donors (Lipinski definition) is 2. The van der Waals surface area contributed by atoms with Crippen LogP contribution < -0.4 is 11.1 Å². The Labute approximate surface area is 91.4 Å². The van der Waals surface area contributed by atoms with Gasteiger partial charge in [0.15, 0.2) is 0 Å². The highest BCUT2D eigenvalue weighted by atomic mass is 32.1. The summed E-state index contributed by atoms with van der Waals surface area (Å²) in [7, 11) is 0. The Morgan fingerprint density at radius 1 is 1.50 bits per heavy atom. The van der Waals surface area contributed by atoms with E-state index in [9.17, 15) is 4.79 Å². The Balaban J connectivity index is 3.81. The highest BCUT2D eigenvalue weighted by Crippen LogP contribution is 2.17. The predicted molar refractivity (Wildman–Crippen MR) is 63.0 cm³/mol. The van der Waals surface area contributed by atoms with Gasteiger partial charge in [-0.1, -0.05) is 39.9 Å². The van der Waals surface area contributed by atoms with E-state index >= 15 is 0 Å². The Hall–Kier alpha value is -0.640. The van der Waals surface area contributed by atoms with Gasteiger partial charge in [0.1, 0.15) is 0 Å². The minimum atomic E-state index is 0.0244. The lowest BCUT2D eigenvalue weighted by Crippen LogP contribution is -2.35. The van der Waals surface area contributed by atoms with E-state index < -0.39 is 0 Å². The van der Waals surface area contributed by atoms with Gasteiger partial charge in [0, 0.05) is 18.9 Å². The standard InChI is InChI=1S/C10H20N2OS/c1-7(9(11)14)6-12-8(13)5-10(2,3)4/h7H,5-6H2,1-4H3,(H2,11,14)(H,12,13). The molecule has 0 aromatic heterocycles. The molecule has 3 nitrogen and oxygen atoms in total. The molecule has 1 atom stereocenters. The summed E-state index contributed by atoms with van der Waals surface area (Å²) in [5.41, 5.74) is 5.45. The number of rotatable bonds is 4. The monoisotopic (exact) mass is 216 g/mol. The van der Waals surface area contributed by atoms with Gasteiger partial charge in [0.05, 0.1) is 4.99 Å². The van der Waals surface area contributed by atoms with Crippen LogP contribution in [0.15, 0.2) is 0 Å². The lowest BCUT2D eigenvalue weighted by Gasteiger charge is -2.18. The second kappa shape index (κ2) is 5.29. The van der Waals surface area contributed by atoms with Gasteiger partial charge in [0.25, 0.3) is 0 Å². The third kappa shape index (κ3) is 6.83. The van der Waals surface area contributed by atoms with Crippen LogP contribution in [-0.2, 0) is 4.79 Å². The van der Waals surface area contributed by atoms with Crippen molar-refractivity contribution in [3.8, 4) is 0 Å². The van der Waals surface area contributed by atoms with Crippen molar-refractivity contribution in [3.63, 3.8) is 0 Å². The van der Waals surface area contributed by atoms with Crippen molar-refractivity contribution in [1.82, 2.24) is 5.32 Å². The maximum atomic E-state index is 11.4. The zero-order chi connectivity index (χ0) is 11.4. The van der Waals surface area contributed by atoms with E-state index in [1.54, 1.807) is 0 Å². The van der Waals surface area contributed by atoms with Crippen molar-refractivity contribution in [2.24, 2.45) is 17.1 Å². The fraction of sp³-hybridized carbons (Fsp3) is 0.800. The van der Waals surface area contributed by atoms with Crippen LogP contribution in [0.4, 0.5) is 0 Å². The summed E-state index contributed by atoms with van der Waals surface area (Å²) in [4.78, 5) is 11.8. The number of carbonyl (C=O) groups excluding carboxylic acids is 1. The first-order valence-electron chi connectivity index (χ1n) is 4.78. The molecule has 0 aromatic rings. The third-order valence-electron chi connectivity index (χ3n) is 1.78. The van der Waals surface area contributed by atoms with E-state index in [2.05, 4.69) is 5.32 Å². The van der Waals surface area contributed by atoms with Crippen LogP contribution in [0.5, 0.6) is 0 Å². The Morgan fingerprint density at radius 3 is 2.36 bits per heavy atom. The molecule has 0 aromatic carbocycles. The molecule has 1 amide bonds. The molecule has 0 radical (unpaired) electrons. The number of carbonyl (C=O) groups is 1. The smallest absolute Gasteiger partial charge is 0.220 e. The number of hydrogen-bond acceptors (Lipinski definition) is 2. The highest BCUT2D eigenvalue weighted by molar-refractivity contribution is 7.80. The van der Waals surface area contributed by atoms with Crippen molar-refractivity contribution in [3.05, 3.63) is 0 Å². The van der Waals surface area contributed by atoms with Crippen LogP contribution in [0.1, 0.15) is 34.1 Å². The SMILES string of the molecule is CC(CNC(=O)CC(C)(C)C)C(N)=S. The lowest BCUT2D eigenvalue weighted by atomic mass is 9.92. The van der Waals surface area contributed by atoms with Gasteiger partial charge in [-0.25, -0.2) is 0 Å². The van der Waals surface area contributed by atoms with Gasteiger partial charge < -0.3 is 11.1 Å². The minimum absolute atomic E-state index is 0.0244. The largest absolute Gasteiger partial charge is 0.393 e. The molecule has 0 heterocycles.